The first kappa shape index (κ1) is 15.5. The molecule has 0 radical (unpaired) electrons. The second kappa shape index (κ2) is 4.80. The molecule has 2 saturated heterocycles. The van der Waals surface area contributed by atoms with E-state index in [1.165, 1.54) is 0 Å². The Kier molecular flexibility index (Phi) is 3.23. The molecule has 23 heavy (non-hydrogen) atoms. The Balaban J connectivity index is 2.36. The first-order valence-electron chi connectivity index (χ1n) is 6.88. The van der Waals surface area contributed by atoms with Crippen molar-refractivity contribution in [3.63, 3.8) is 0 Å². The zero-order chi connectivity index (χ0) is 16.9. The predicted molar refractivity (Wildman–Crippen MR) is 81.3 cm³/mol. The molecule has 3 fully saturated rings. The maximum Gasteiger partial charge on any atom is 0.246 e. The van der Waals surface area contributed by atoms with Gasteiger partial charge >= 0.3 is 0 Å². The van der Waals surface area contributed by atoms with E-state index in [9.17, 15) is 25.7 Å². The van der Waals surface area contributed by atoms with Gasteiger partial charge in [-0.15, -0.1) is 0 Å². The maximum absolute atomic E-state index is 12.7. The van der Waals surface area contributed by atoms with Gasteiger partial charge in [-0.1, -0.05) is 46.3 Å². The molecule has 1 saturated carbocycles. The number of hydrogen-bond donors (Lipinski definition) is 2. The van der Waals surface area contributed by atoms with Crippen LogP contribution in [0.25, 0.3) is 0 Å². The van der Waals surface area contributed by atoms with Crippen LogP contribution in [0, 0.1) is 44.8 Å². The minimum atomic E-state index is -1.93. The lowest BCUT2D eigenvalue weighted by atomic mass is 9.47. The third-order valence-corrected chi connectivity index (χ3v) is 6.11. The number of fused-ring (bicyclic) bond motifs is 3. The van der Waals surface area contributed by atoms with Crippen LogP contribution in [0.15, 0.2) is 30.3 Å². The molecule has 114 valence electrons. The summed E-state index contributed by atoms with van der Waals surface area (Å²) in [5, 5.41) is 42.3. The Labute approximate surface area is 141 Å². The molecule has 4 atom stereocenters. The van der Waals surface area contributed by atoms with E-state index in [2.05, 4.69) is 21.2 Å². The highest BCUT2D eigenvalue weighted by Crippen LogP contribution is 2.64. The maximum atomic E-state index is 12.7. The fourth-order valence-electron chi connectivity index (χ4n) is 3.72. The Bertz CT molecular complexity index is 792. The molecule has 2 N–H and O–H groups in total. The number of carbonyl (C=O) groups is 1. The number of nitriles is 3. The Morgan fingerprint density at radius 3 is 2.30 bits per heavy atom. The van der Waals surface area contributed by atoms with Crippen LogP contribution < -0.4 is 5.32 Å². The molecular formula is C16H11BrN4O2. The number of benzene rings is 1. The van der Waals surface area contributed by atoms with Gasteiger partial charge in [0, 0.05) is 12.3 Å². The molecule has 2 heterocycles. The highest BCUT2D eigenvalue weighted by molar-refractivity contribution is 9.09. The lowest BCUT2D eigenvalue weighted by molar-refractivity contribution is -0.172. The number of amides is 1. The van der Waals surface area contributed by atoms with Gasteiger partial charge in [0.15, 0.2) is 16.6 Å². The summed E-state index contributed by atoms with van der Waals surface area (Å²) in [7, 11) is 0. The zero-order valence-corrected chi connectivity index (χ0v) is 13.4. The van der Waals surface area contributed by atoms with E-state index in [-0.39, 0.29) is 6.42 Å². The lowest BCUT2D eigenvalue weighted by Gasteiger charge is -2.59. The highest BCUT2D eigenvalue weighted by Gasteiger charge is 2.77. The number of piperidine rings is 2. The van der Waals surface area contributed by atoms with Crippen molar-refractivity contribution in [3.8, 4) is 18.2 Å². The van der Waals surface area contributed by atoms with Gasteiger partial charge < -0.3 is 10.4 Å². The van der Waals surface area contributed by atoms with Gasteiger partial charge in [0.1, 0.15) is 0 Å². The first-order valence-corrected chi connectivity index (χ1v) is 7.80. The number of halogens is 1. The summed E-state index contributed by atoms with van der Waals surface area (Å²) < 4.78 is 0. The van der Waals surface area contributed by atoms with Crippen LogP contribution in [0.4, 0.5) is 0 Å². The number of hydrogen-bond acceptors (Lipinski definition) is 5. The lowest BCUT2D eigenvalue weighted by Crippen LogP contribution is -2.77. The Morgan fingerprint density at radius 2 is 1.78 bits per heavy atom. The molecule has 1 aromatic carbocycles. The molecule has 6 nitrogen and oxygen atoms in total. The molecule has 4 rings (SSSR count). The van der Waals surface area contributed by atoms with Crippen molar-refractivity contribution < 1.29 is 9.90 Å². The molecule has 0 spiro atoms. The molecule has 2 bridgehead atoms. The second-order valence-corrected chi connectivity index (χ2v) is 6.88. The third kappa shape index (κ3) is 1.65. The molecule has 1 amide bonds. The Hall–Kier alpha value is -2.40. The number of rotatable bonds is 1. The number of nitrogens with one attached hydrogen (secondary N) is 1. The van der Waals surface area contributed by atoms with Gasteiger partial charge in [0.2, 0.25) is 5.91 Å². The normalized spacial score (nSPS) is 37.1. The van der Waals surface area contributed by atoms with Crippen molar-refractivity contribution in [1.82, 2.24) is 5.32 Å². The largest absolute Gasteiger partial charge is 0.370 e. The van der Waals surface area contributed by atoms with E-state index >= 15 is 0 Å². The van der Waals surface area contributed by atoms with Crippen molar-refractivity contribution in [2.75, 3.05) is 0 Å². The smallest absolute Gasteiger partial charge is 0.246 e. The van der Waals surface area contributed by atoms with Crippen molar-refractivity contribution in [3.05, 3.63) is 35.9 Å². The predicted octanol–water partition coefficient (Wildman–Crippen LogP) is 1.30. The summed E-state index contributed by atoms with van der Waals surface area (Å²) >= 11 is 3.38. The number of alkyl halides is 1. The van der Waals surface area contributed by atoms with E-state index in [0.29, 0.717) is 5.56 Å². The molecule has 7 heteroatoms. The number of carbonyl (C=O) groups excluding carboxylic acids is 1. The summed E-state index contributed by atoms with van der Waals surface area (Å²) in [5.41, 5.74) is -5.00. The van der Waals surface area contributed by atoms with Crippen molar-refractivity contribution in [1.29, 1.82) is 15.8 Å². The summed E-state index contributed by atoms with van der Waals surface area (Å²) in [5.74, 6) is -1.62. The average molecular weight is 371 g/mol. The van der Waals surface area contributed by atoms with Gasteiger partial charge in [0.05, 0.1) is 23.0 Å². The van der Waals surface area contributed by atoms with Crippen LogP contribution in [0.5, 0.6) is 0 Å². The standard InChI is InChI=1S/C16H11BrN4O2/c17-12-11(10-4-2-1-3-5-10)15(9-20)13(22)21-16(12,23)6-14(15,7-18)8-19/h1-5,11-12,23H,6H2,(H,21,22)/t11-,12-,15+,16-/m1/s1. The van der Waals surface area contributed by atoms with Crippen LogP contribution in [0.1, 0.15) is 17.9 Å². The zero-order valence-electron chi connectivity index (χ0n) is 11.8. The van der Waals surface area contributed by atoms with Gasteiger partial charge in [-0.3, -0.25) is 4.79 Å². The van der Waals surface area contributed by atoms with Crippen LogP contribution in [-0.4, -0.2) is 21.6 Å². The fraction of sp³-hybridized carbons (Fsp3) is 0.375. The highest BCUT2D eigenvalue weighted by atomic mass is 79.9. The van der Waals surface area contributed by atoms with E-state index in [0.717, 1.165) is 0 Å². The van der Waals surface area contributed by atoms with Crippen molar-refractivity contribution >= 4 is 21.8 Å². The second-order valence-electron chi connectivity index (χ2n) is 5.89. The number of aliphatic hydroxyl groups is 1. The van der Waals surface area contributed by atoms with E-state index in [4.69, 9.17) is 0 Å². The van der Waals surface area contributed by atoms with Gasteiger partial charge in [0.25, 0.3) is 0 Å². The SMILES string of the molecule is N#CC1(C#N)C[C@]2(O)NC(=O)[C@]1(C#N)[C@H](c1ccccc1)[C@H]2Br. The fourth-order valence-corrected chi connectivity index (χ4v) is 4.70. The molecule has 0 aromatic heterocycles. The minimum Gasteiger partial charge on any atom is -0.370 e. The average Bonchev–Trinajstić information content (AvgIpc) is 2.56. The summed E-state index contributed by atoms with van der Waals surface area (Å²) in [6.45, 7) is 0. The molecule has 0 unspecified atom stereocenters. The van der Waals surface area contributed by atoms with Crippen molar-refractivity contribution in [2.24, 2.45) is 10.8 Å². The molecule has 1 aromatic rings. The molecule has 1 aliphatic carbocycles. The van der Waals surface area contributed by atoms with Crippen LogP contribution in [0.2, 0.25) is 0 Å². The molecule has 2 aliphatic heterocycles. The van der Waals surface area contributed by atoms with Crippen LogP contribution in [-0.2, 0) is 4.79 Å². The van der Waals surface area contributed by atoms with Crippen LogP contribution in [0.3, 0.4) is 0 Å². The van der Waals surface area contributed by atoms with Gasteiger partial charge in [-0.25, -0.2) is 0 Å². The summed E-state index contributed by atoms with van der Waals surface area (Å²) in [6, 6.07) is 14.3. The summed E-state index contributed by atoms with van der Waals surface area (Å²) in [4.78, 5) is 12.0. The monoisotopic (exact) mass is 370 g/mol. The number of nitrogens with zero attached hydrogens (tertiary/aromatic N) is 3. The third-order valence-electron chi connectivity index (χ3n) is 4.83. The molecule has 3 aliphatic rings. The van der Waals surface area contributed by atoms with Crippen molar-refractivity contribution in [2.45, 2.75) is 22.9 Å². The Morgan fingerprint density at radius 1 is 1.17 bits per heavy atom. The van der Waals surface area contributed by atoms with E-state index in [1.54, 1.807) is 30.3 Å². The summed E-state index contributed by atoms with van der Waals surface area (Å²) in [6.07, 6.45) is -0.328. The quantitative estimate of drug-likeness (QED) is 0.721. The van der Waals surface area contributed by atoms with Gasteiger partial charge in [-0.05, 0) is 5.56 Å². The molecular weight excluding hydrogens is 360 g/mol. The van der Waals surface area contributed by atoms with E-state index < -0.39 is 33.2 Å². The van der Waals surface area contributed by atoms with Crippen LogP contribution >= 0.6 is 15.9 Å². The minimum absolute atomic E-state index is 0.328. The first-order chi connectivity index (χ1) is 10.9. The van der Waals surface area contributed by atoms with Gasteiger partial charge in [-0.2, -0.15) is 15.8 Å². The van der Waals surface area contributed by atoms with E-state index in [1.807, 2.05) is 18.2 Å². The topological polar surface area (TPSA) is 121 Å².